The second-order valence-electron chi connectivity index (χ2n) is 5.45. The molecular weight excluding hydrogens is 298 g/mol. The fourth-order valence-corrected chi connectivity index (χ4v) is 2.52. The van der Waals surface area contributed by atoms with Crippen LogP contribution in [0.5, 0.6) is 0 Å². The molecule has 3 aromatic rings. The maximum Gasteiger partial charge on any atom is 0.262 e. The number of hydrogen-bond donors (Lipinski definition) is 0. The Morgan fingerprint density at radius 3 is 1.67 bits per heavy atom. The van der Waals surface area contributed by atoms with Crippen LogP contribution >= 0.6 is 0 Å². The van der Waals surface area contributed by atoms with Crippen molar-refractivity contribution in [2.75, 3.05) is 4.90 Å². The molecule has 0 heterocycles. The number of amides is 1. The first-order chi connectivity index (χ1) is 11.7. The van der Waals surface area contributed by atoms with Crippen LogP contribution in [0.4, 0.5) is 11.4 Å². The van der Waals surface area contributed by atoms with Crippen molar-refractivity contribution in [1.82, 2.24) is 0 Å². The highest BCUT2D eigenvalue weighted by Crippen LogP contribution is 2.27. The van der Waals surface area contributed by atoms with E-state index >= 15 is 0 Å². The zero-order valence-corrected chi connectivity index (χ0v) is 13.3. The van der Waals surface area contributed by atoms with Gasteiger partial charge < -0.3 is 0 Å². The molecule has 0 aliphatic rings. The average Bonchev–Trinajstić information content (AvgIpc) is 2.64. The number of rotatable bonds is 4. The van der Waals surface area contributed by atoms with Crippen molar-refractivity contribution in [3.63, 3.8) is 0 Å². The molecule has 0 saturated heterocycles. The molecule has 24 heavy (non-hydrogen) atoms. The van der Waals surface area contributed by atoms with E-state index in [1.807, 2.05) is 48.5 Å². The topological polar surface area (TPSA) is 37.4 Å². The van der Waals surface area contributed by atoms with Gasteiger partial charge in [-0.25, -0.2) is 0 Å². The van der Waals surface area contributed by atoms with Gasteiger partial charge in [0.1, 0.15) is 0 Å². The van der Waals surface area contributed by atoms with E-state index in [0.717, 1.165) is 11.4 Å². The molecule has 3 heteroatoms. The van der Waals surface area contributed by atoms with Gasteiger partial charge in [-0.3, -0.25) is 14.5 Å². The molecule has 0 N–H and O–H groups in total. The maximum absolute atomic E-state index is 13.0. The third-order valence-corrected chi connectivity index (χ3v) is 3.77. The summed E-state index contributed by atoms with van der Waals surface area (Å²) in [5.74, 6) is -0.112. The van der Waals surface area contributed by atoms with E-state index in [1.54, 1.807) is 41.3 Å². The highest BCUT2D eigenvalue weighted by atomic mass is 16.2. The molecule has 0 bridgehead atoms. The first-order valence-electron chi connectivity index (χ1n) is 7.72. The molecule has 0 aromatic heterocycles. The van der Waals surface area contributed by atoms with Gasteiger partial charge in [0.15, 0.2) is 5.78 Å². The average molecular weight is 315 g/mol. The highest BCUT2D eigenvalue weighted by Gasteiger charge is 2.19. The molecule has 0 atom stereocenters. The summed E-state index contributed by atoms with van der Waals surface area (Å²) in [7, 11) is 0. The van der Waals surface area contributed by atoms with Gasteiger partial charge in [0.05, 0.1) is 0 Å². The minimum absolute atomic E-state index is 0.00203. The maximum atomic E-state index is 13.0. The van der Waals surface area contributed by atoms with Gasteiger partial charge in [0.2, 0.25) is 0 Å². The van der Waals surface area contributed by atoms with Crippen LogP contribution in [0.25, 0.3) is 0 Å². The first-order valence-corrected chi connectivity index (χ1v) is 7.72. The Hall–Kier alpha value is -3.20. The first kappa shape index (κ1) is 15.7. The van der Waals surface area contributed by atoms with Crippen molar-refractivity contribution < 1.29 is 9.59 Å². The van der Waals surface area contributed by atoms with Crippen molar-refractivity contribution in [2.24, 2.45) is 0 Å². The number of benzene rings is 3. The fraction of sp³-hybridized carbons (Fsp3) is 0.0476. The number of hydrogen-bond acceptors (Lipinski definition) is 2. The molecular formula is C21H17NO2. The second kappa shape index (κ2) is 6.92. The third kappa shape index (κ3) is 3.25. The van der Waals surface area contributed by atoms with Crippen molar-refractivity contribution in [3.05, 3.63) is 96.1 Å². The van der Waals surface area contributed by atoms with Crippen LogP contribution in [0.3, 0.4) is 0 Å². The van der Waals surface area contributed by atoms with E-state index in [2.05, 4.69) is 0 Å². The van der Waals surface area contributed by atoms with Gasteiger partial charge in [-0.15, -0.1) is 0 Å². The molecule has 1 amide bonds. The SMILES string of the molecule is CC(=O)c1ccc(N(C(=O)c2ccccc2)c2ccccc2)cc1. The van der Waals surface area contributed by atoms with E-state index in [1.165, 1.54) is 6.92 Å². The quantitative estimate of drug-likeness (QED) is 0.644. The summed E-state index contributed by atoms with van der Waals surface area (Å²) in [4.78, 5) is 26.1. The Kier molecular flexibility index (Phi) is 4.52. The molecule has 0 fully saturated rings. The summed E-state index contributed by atoms with van der Waals surface area (Å²) in [5.41, 5.74) is 2.73. The standard InChI is InChI=1S/C21H17NO2/c1-16(23)17-12-14-20(15-13-17)22(19-10-6-3-7-11-19)21(24)18-8-4-2-5-9-18/h2-15H,1H3. The lowest BCUT2D eigenvalue weighted by atomic mass is 10.1. The molecule has 3 rings (SSSR count). The van der Waals surface area contributed by atoms with Crippen LogP contribution in [0.2, 0.25) is 0 Å². The van der Waals surface area contributed by atoms with Crippen LogP contribution in [-0.4, -0.2) is 11.7 Å². The van der Waals surface area contributed by atoms with Gasteiger partial charge in [0, 0.05) is 22.5 Å². The van der Waals surface area contributed by atoms with E-state index in [4.69, 9.17) is 0 Å². The summed E-state index contributed by atoms with van der Waals surface area (Å²) < 4.78 is 0. The highest BCUT2D eigenvalue weighted by molar-refractivity contribution is 6.11. The van der Waals surface area contributed by atoms with Gasteiger partial charge >= 0.3 is 0 Å². The predicted molar refractivity (Wildman–Crippen MR) is 95.8 cm³/mol. The van der Waals surface area contributed by atoms with Crippen molar-refractivity contribution in [3.8, 4) is 0 Å². The monoisotopic (exact) mass is 315 g/mol. The fourth-order valence-electron chi connectivity index (χ4n) is 2.52. The van der Waals surface area contributed by atoms with Crippen LogP contribution in [-0.2, 0) is 0 Å². The van der Waals surface area contributed by atoms with Crippen LogP contribution in [0, 0.1) is 0 Å². The van der Waals surface area contributed by atoms with E-state index < -0.39 is 0 Å². The Morgan fingerprint density at radius 2 is 1.12 bits per heavy atom. The summed E-state index contributed by atoms with van der Waals surface area (Å²) in [6.07, 6.45) is 0. The lowest BCUT2D eigenvalue weighted by Crippen LogP contribution is -2.25. The number of Topliss-reactive ketones (excluding diaryl/α,β-unsaturated/α-hetero) is 1. The minimum Gasteiger partial charge on any atom is -0.295 e. The van der Waals surface area contributed by atoms with Crippen molar-refractivity contribution >= 4 is 23.1 Å². The molecule has 0 radical (unpaired) electrons. The Balaban J connectivity index is 2.06. The van der Waals surface area contributed by atoms with Crippen molar-refractivity contribution in [2.45, 2.75) is 6.92 Å². The molecule has 0 aliphatic carbocycles. The van der Waals surface area contributed by atoms with E-state index in [9.17, 15) is 9.59 Å². The van der Waals surface area contributed by atoms with Gasteiger partial charge in [-0.05, 0) is 55.5 Å². The normalized spacial score (nSPS) is 10.2. The van der Waals surface area contributed by atoms with Crippen molar-refractivity contribution in [1.29, 1.82) is 0 Å². The summed E-state index contributed by atoms with van der Waals surface area (Å²) in [5, 5.41) is 0. The predicted octanol–water partition coefficient (Wildman–Crippen LogP) is 4.87. The largest absolute Gasteiger partial charge is 0.295 e. The van der Waals surface area contributed by atoms with Gasteiger partial charge in [-0.1, -0.05) is 36.4 Å². The second-order valence-corrected chi connectivity index (χ2v) is 5.45. The number of nitrogens with zero attached hydrogens (tertiary/aromatic N) is 1. The third-order valence-electron chi connectivity index (χ3n) is 3.77. The zero-order chi connectivity index (χ0) is 16.9. The number of carbonyl (C=O) groups excluding carboxylic acids is 2. The molecule has 0 unspecified atom stereocenters. The molecule has 0 spiro atoms. The van der Waals surface area contributed by atoms with E-state index in [-0.39, 0.29) is 11.7 Å². The number of carbonyl (C=O) groups is 2. The smallest absolute Gasteiger partial charge is 0.262 e. The molecule has 118 valence electrons. The van der Waals surface area contributed by atoms with Crippen LogP contribution < -0.4 is 4.90 Å². The lowest BCUT2D eigenvalue weighted by molar-refractivity contribution is 0.0996. The van der Waals surface area contributed by atoms with E-state index in [0.29, 0.717) is 11.1 Å². The summed E-state index contributed by atoms with van der Waals surface area (Å²) in [6.45, 7) is 1.53. The Morgan fingerprint density at radius 1 is 0.625 bits per heavy atom. The Bertz CT molecular complexity index is 840. The number of para-hydroxylation sites is 1. The summed E-state index contributed by atoms with van der Waals surface area (Å²) >= 11 is 0. The van der Waals surface area contributed by atoms with Gasteiger partial charge in [-0.2, -0.15) is 0 Å². The van der Waals surface area contributed by atoms with Crippen LogP contribution in [0.15, 0.2) is 84.9 Å². The minimum atomic E-state index is -0.114. The zero-order valence-electron chi connectivity index (χ0n) is 13.3. The molecule has 0 aliphatic heterocycles. The van der Waals surface area contributed by atoms with Crippen LogP contribution in [0.1, 0.15) is 27.6 Å². The molecule has 3 aromatic carbocycles. The lowest BCUT2D eigenvalue weighted by Gasteiger charge is -2.23. The summed E-state index contributed by atoms with van der Waals surface area (Å²) in [6, 6.07) is 25.7. The number of anilines is 2. The molecule has 3 nitrogen and oxygen atoms in total. The Labute approximate surface area is 141 Å². The van der Waals surface area contributed by atoms with Gasteiger partial charge in [0.25, 0.3) is 5.91 Å². The number of ketones is 1. The molecule has 0 saturated carbocycles.